The van der Waals surface area contributed by atoms with Gasteiger partial charge in [-0.3, -0.25) is 4.79 Å². The summed E-state index contributed by atoms with van der Waals surface area (Å²) in [5.41, 5.74) is 2.49. The molecular formula is C21H24N2OS2. The predicted octanol–water partition coefficient (Wildman–Crippen LogP) is 5.46. The van der Waals surface area contributed by atoms with Crippen molar-refractivity contribution in [2.24, 2.45) is 4.99 Å². The molecule has 1 amide bonds. The number of fused-ring (bicyclic) bond motifs is 1. The molecule has 0 atom stereocenters. The Morgan fingerprint density at radius 1 is 1.19 bits per heavy atom. The molecular weight excluding hydrogens is 360 g/mol. The van der Waals surface area contributed by atoms with Gasteiger partial charge in [0.15, 0.2) is 4.80 Å². The second-order valence-electron chi connectivity index (χ2n) is 6.53. The third kappa shape index (κ3) is 4.46. The molecule has 3 rings (SSSR count). The normalized spacial score (nSPS) is 12.2. The molecule has 0 bridgehead atoms. The first-order valence-corrected chi connectivity index (χ1v) is 10.8. The number of thioether (sulfide) groups is 1. The fraction of sp³-hybridized carbons (Fsp3) is 0.333. The van der Waals surface area contributed by atoms with Gasteiger partial charge < -0.3 is 4.57 Å². The van der Waals surface area contributed by atoms with Crippen LogP contribution in [0.3, 0.4) is 0 Å². The molecule has 0 fully saturated rings. The van der Waals surface area contributed by atoms with Crippen LogP contribution >= 0.6 is 23.1 Å². The van der Waals surface area contributed by atoms with E-state index < -0.39 is 0 Å². The third-order valence-electron chi connectivity index (χ3n) is 4.15. The smallest absolute Gasteiger partial charge is 0.258 e. The number of benzene rings is 2. The van der Waals surface area contributed by atoms with Gasteiger partial charge in [-0.15, -0.1) is 11.8 Å². The number of carbonyl (C=O) groups is 1. The van der Waals surface area contributed by atoms with Crippen molar-refractivity contribution < 1.29 is 4.79 Å². The molecule has 0 N–H and O–H groups in total. The molecule has 2 aromatic carbocycles. The zero-order chi connectivity index (χ0) is 18.5. The summed E-state index contributed by atoms with van der Waals surface area (Å²) in [6, 6.07) is 16.6. The molecule has 5 heteroatoms. The van der Waals surface area contributed by atoms with Gasteiger partial charge in [0.05, 0.1) is 16.0 Å². The number of carbonyl (C=O) groups excluding carboxylic acids is 1. The lowest BCUT2D eigenvalue weighted by Gasteiger charge is -2.06. The van der Waals surface area contributed by atoms with E-state index in [1.54, 1.807) is 11.3 Å². The van der Waals surface area contributed by atoms with E-state index in [0.717, 1.165) is 22.7 Å². The van der Waals surface area contributed by atoms with E-state index in [9.17, 15) is 4.79 Å². The van der Waals surface area contributed by atoms with E-state index in [1.165, 1.54) is 27.5 Å². The van der Waals surface area contributed by atoms with E-state index in [4.69, 9.17) is 0 Å². The number of amides is 1. The number of hydrogen-bond donors (Lipinski definition) is 0. The van der Waals surface area contributed by atoms with Gasteiger partial charge in [0, 0.05) is 11.4 Å². The fourth-order valence-electron chi connectivity index (χ4n) is 2.77. The summed E-state index contributed by atoms with van der Waals surface area (Å²) >= 11 is 3.14. The van der Waals surface area contributed by atoms with Gasteiger partial charge in [-0.2, -0.15) is 4.99 Å². The van der Waals surface area contributed by atoms with Crippen LogP contribution in [0.4, 0.5) is 0 Å². The minimum absolute atomic E-state index is 0.0839. The van der Waals surface area contributed by atoms with Crippen LogP contribution in [0.2, 0.25) is 0 Å². The average Bonchev–Trinajstić information content (AvgIpc) is 2.97. The fourth-order valence-corrected chi connectivity index (χ4v) is 4.60. The summed E-state index contributed by atoms with van der Waals surface area (Å²) < 4.78 is 3.38. The van der Waals surface area contributed by atoms with E-state index in [2.05, 4.69) is 48.5 Å². The van der Waals surface area contributed by atoms with Crippen LogP contribution in [0.15, 0.2) is 58.4 Å². The van der Waals surface area contributed by atoms with Crippen LogP contribution in [0.1, 0.15) is 38.7 Å². The second kappa shape index (κ2) is 8.69. The summed E-state index contributed by atoms with van der Waals surface area (Å²) in [7, 11) is 0. The largest absolute Gasteiger partial charge is 0.316 e. The van der Waals surface area contributed by atoms with Crippen molar-refractivity contribution in [3.63, 3.8) is 0 Å². The van der Waals surface area contributed by atoms with Gasteiger partial charge in [-0.1, -0.05) is 56.4 Å². The second-order valence-corrected chi connectivity index (χ2v) is 8.58. The van der Waals surface area contributed by atoms with Crippen molar-refractivity contribution in [2.45, 2.75) is 44.6 Å². The van der Waals surface area contributed by atoms with Crippen LogP contribution < -0.4 is 4.80 Å². The lowest BCUT2D eigenvalue weighted by atomic mass is 10.0. The summed E-state index contributed by atoms with van der Waals surface area (Å²) in [4.78, 5) is 18.7. The van der Waals surface area contributed by atoms with Gasteiger partial charge in [-0.05, 0) is 42.2 Å². The van der Waals surface area contributed by atoms with Crippen LogP contribution in [0.5, 0.6) is 0 Å². The molecule has 0 radical (unpaired) electrons. The highest BCUT2D eigenvalue weighted by atomic mass is 32.2. The third-order valence-corrected chi connectivity index (χ3v) is 6.18. The Bertz CT molecular complexity index is 955. The molecule has 0 aliphatic heterocycles. The number of hydrogen-bond acceptors (Lipinski definition) is 3. The van der Waals surface area contributed by atoms with E-state index in [1.807, 2.05) is 30.3 Å². The molecule has 136 valence electrons. The van der Waals surface area contributed by atoms with Gasteiger partial charge in [-0.25, -0.2) is 0 Å². The Morgan fingerprint density at radius 3 is 2.65 bits per heavy atom. The average molecular weight is 385 g/mol. The van der Waals surface area contributed by atoms with Gasteiger partial charge in [0.1, 0.15) is 0 Å². The van der Waals surface area contributed by atoms with Crippen LogP contribution in [0.25, 0.3) is 10.2 Å². The van der Waals surface area contributed by atoms with Crippen molar-refractivity contribution >= 4 is 39.2 Å². The molecule has 0 unspecified atom stereocenters. The molecule has 3 nitrogen and oxygen atoms in total. The monoisotopic (exact) mass is 384 g/mol. The van der Waals surface area contributed by atoms with E-state index in [-0.39, 0.29) is 5.91 Å². The standard InChI is InChI=1S/C21H24N2OS2/c1-4-12-23-18-11-10-16(15(2)3)13-19(18)26-21(23)22-20(24)14-25-17-8-6-5-7-9-17/h5-11,13,15H,4,12,14H2,1-3H3. The summed E-state index contributed by atoms with van der Waals surface area (Å²) in [5, 5.41) is 0. The quantitative estimate of drug-likeness (QED) is 0.529. The number of nitrogens with zero attached hydrogens (tertiary/aromatic N) is 2. The number of aromatic nitrogens is 1. The summed E-state index contributed by atoms with van der Waals surface area (Å²) in [6.45, 7) is 7.42. The van der Waals surface area contributed by atoms with Gasteiger partial charge >= 0.3 is 0 Å². The van der Waals surface area contributed by atoms with Crippen molar-refractivity contribution in [1.82, 2.24) is 4.57 Å². The Balaban J connectivity index is 1.90. The summed E-state index contributed by atoms with van der Waals surface area (Å²) in [6.07, 6.45) is 1.01. The molecule has 1 aromatic heterocycles. The molecule has 0 spiro atoms. The van der Waals surface area contributed by atoms with Gasteiger partial charge in [0.25, 0.3) is 5.91 Å². The van der Waals surface area contributed by atoms with Crippen molar-refractivity contribution in [2.75, 3.05) is 5.75 Å². The van der Waals surface area contributed by atoms with Gasteiger partial charge in [0.2, 0.25) is 0 Å². The predicted molar refractivity (Wildman–Crippen MR) is 112 cm³/mol. The first kappa shape index (κ1) is 18.9. The Labute approximate surface area is 162 Å². The van der Waals surface area contributed by atoms with Crippen molar-refractivity contribution in [3.8, 4) is 0 Å². The molecule has 26 heavy (non-hydrogen) atoms. The lowest BCUT2D eigenvalue weighted by molar-refractivity contribution is -0.115. The molecule has 0 saturated carbocycles. The number of rotatable bonds is 6. The number of aryl methyl sites for hydroxylation is 1. The number of thiazole rings is 1. The first-order chi connectivity index (χ1) is 12.6. The minimum atomic E-state index is -0.0839. The maximum absolute atomic E-state index is 12.4. The maximum Gasteiger partial charge on any atom is 0.258 e. The molecule has 1 heterocycles. The zero-order valence-corrected chi connectivity index (χ0v) is 17.1. The highest BCUT2D eigenvalue weighted by Crippen LogP contribution is 2.24. The van der Waals surface area contributed by atoms with Crippen LogP contribution in [-0.2, 0) is 11.3 Å². The highest BCUT2D eigenvalue weighted by molar-refractivity contribution is 8.00. The Kier molecular flexibility index (Phi) is 6.33. The lowest BCUT2D eigenvalue weighted by Crippen LogP contribution is -2.17. The minimum Gasteiger partial charge on any atom is -0.316 e. The zero-order valence-electron chi connectivity index (χ0n) is 15.4. The highest BCUT2D eigenvalue weighted by Gasteiger charge is 2.10. The van der Waals surface area contributed by atoms with Crippen molar-refractivity contribution in [3.05, 3.63) is 58.9 Å². The van der Waals surface area contributed by atoms with Crippen LogP contribution in [-0.4, -0.2) is 16.2 Å². The molecule has 0 aliphatic rings. The SMILES string of the molecule is CCCn1c(=NC(=O)CSc2ccccc2)sc2cc(C(C)C)ccc21. The Morgan fingerprint density at radius 2 is 1.96 bits per heavy atom. The molecule has 0 aliphatic carbocycles. The summed E-state index contributed by atoms with van der Waals surface area (Å²) in [5.74, 6) is 0.770. The van der Waals surface area contributed by atoms with Crippen LogP contribution in [0, 0.1) is 0 Å². The van der Waals surface area contributed by atoms with Crippen molar-refractivity contribution in [1.29, 1.82) is 0 Å². The first-order valence-electron chi connectivity index (χ1n) is 8.97. The topological polar surface area (TPSA) is 34.4 Å². The molecule has 0 saturated heterocycles. The molecule has 3 aromatic rings. The Hall–Kier alpha value is -1.85. The maximum atomic E-state index is 12.4. The van der Waals surface area contributed by atoms with E-state index in [0.29, 0.717) is 11.7 Å². The van der Waals surface area contributed by atoms with E-state index >= 15 is 0 Å².